The number of hydrogen-bond acceptors (Lipinski definition) is 3. The average molecular weight is 326 g/mol. The second-order valence-electron chi connectivity index (χ2n) is 5.88. The van der Waals surface area contributed by atoms with Crippen molar-refractivity contribution in [2.75, 3.05) is 32.1 Å². The first-order valence-corrected chi connectivity index (χ1v) is 8.37. The van der Waals surface area contributed by atoms with E-state index in [2.05, 4.69) is 34.5 Å². The van der Waals surface area contributed by atoms with E-state index < -0.39 is 0 Å². The number of amides is 1. The predicted octanol–water partition coefficient (Wildman–Crippen LogP) is 3.51. The number of carbonyl (C=O) groups is 1. The van der Waals surface area contributed by atoms with E-state index in [9.17, 15) is 4.79 Å². The summed E-state index contributed by atoms with van der Waals surface area (Å²) in [5.74, 6) is 0.747. The molecule has 2 aromatic rings. The molecule has 0 saturated carbocycles. The normalized spacial score (nSPS) is 10.3. The molecule has 0 atom stereocenters. The van der Waals surface area contributed by atoms with Gasteiger partial charge in [0.05, 0.1) is 6.61 Å². The molecule has 0 bridgehead atoms. The van der Waals surface area contributed by atoms with E-state index in [4.69, 9.17) is 4.74 Å². The van der Waals surface area contributed by atoms with Crippen molar-refractivity contribution < 1.29 is 9.53 Å². The SMILES string of the molecule is CCOc1ccc(C(=O)NCCCc2ccc(N(C)C)cc2)cc1. The van der Waals surface area contributed by atoms with Gasteiger partial charge in [-0.2, -0.15) is 0 Å². The highest BCUT2D eigenvalue weighted by atomic mass is 16.5. The lowest BCUT2D eigenvalue weighted by Crippen LogP contribution is -2.24. The van der Waals surface area contributed by atoms with Crippen molar-refractivity contribution in [1.29, 1.82) is 0 Å². The van der Waals surface area contributed by atoms with Crippen molar-refractivity contribution in [1.82, 2.24) is 5.32 Å². The van der Waals surface area contributed by atoms with Gasteiger partial charge in [-0.3, -0.25) is 4.79 Å². The van der Waals surface area contributed by atoms with Gasteiger partial charge in [-0.05, 0) is 61.7 Å². The Balaban J connectivity index is 1.74. The zero-order chi connectivity index (χ0) is 17.4. The highest BCUT2D eigenvalue weighted by molar-refractivity contribution is 5.94. The maximum atomic E-state index is 12.1. The third kappa shape index (κ3) is 5.30. The lowest BCUT2D eigenvalue weighted by Gasteiger charge is -2.12. The second-order valence-corrected chi connectivity index (χ2v) is 5.88. The summed E-state index contributed by atoms with van der Waals surface area (Å²) in [7, 11) is 4.07. The van der Waals surface area contributed by atoms with Gasteiger partial charge in [-0.1, -0.05) is 12.1 Å². The van der Waals surface area contributed by atoms with Crippen LogP contribution in [-0.2, 0) is 6.42 Å². The molecule has 2 rings (SSSR count). The number of benzene rings is 2. The van der Waals surface area contributed by atoms with Crippen LogP contribution in [0, 0.1) is 0 Å². The predicted molar refractivity (Wildman–Crippen MR) is 99.0 cm³/mol. The van der Waals surface area contributed by atoms with Crippen LogP contribution in [-0.4, -0.2) is 33.2 Å². The second kappa shape index (κ2) is 8.96. The fourth-order valence-electron chi connectivity index (χ4n) is 2.43. The van der Waals surface area contributed by atoms with Gasteiger partial charge in [0.15, 0.2) is 0 Å². The molecule has 0 aromatic heterocycles. The summed E-state index contributed by atoms with van der Waals surface area (Å²) in [4.78, 5) is 14.2. The molecule has 4 nitrogen and oxygen atoms in total. The number of hydrogen-bond donors (Lipinski definition) is 1. The summed E-state index contributed by atoms with van der Waals surface area (Å²) in [6.45, 7) is 3.23. The minimum absolute atomic E-state index is 0.0407. The fourth-order valence-corrected chi connectivity index (χ4v) is 2.43. The van der Waals surface area contributed by atoms with Crippen LogP contribution in [0.2, 0.25) is 0 Å². The molecule has 0 fully saturated rings. The number of anilines is 1. The van der Waals surface area contributed by atoms with Crippen LogP contribution >= 0.6 is 0 Å². The van der Waals surface area contributed by atoms with Crippen LogP contribution in [0.15, 0.2) is 48.5 Å². The summed E-state index contributed by atoms with van der Waals surface area (Å²) < 4.78 is 5.38. The van der Waals surface area contributed by atoms with Gasteiger partial charge in [0.1, 0.15) is 5.75 Å². The lowest BCUT2D eigenvalue weighted by molar-refractivity contribution is 0.0953. The molecule has 0 radical (unpaired) electrons. The molecule has 128 valence electrons. The van der Waals surface area contributed by atoms with Gasteiger partial charge in [0.2, 0.25) is 0 Å². The molecule has 2 aromatic carbocycles. The molecule has 0 spiro atoms. The van der Waals surface area contributed by atoms with E-state index in [-0.39, 0.29) is 5.91 Å². The van der Waals surface area contributed by atoms with E-state index in [0.29, 0.717) is 18.7 Å². The number of aryl methyl sites for hydroxylation is 1. The van der Waals surface area contributed by atoms with Crippen LogP contribution in [0.3, 0.4) is 0 Å². The average Bonchev–Trinajstić information content (AvgIpc) is 2.60. The van der Waals surface area contributed by atoms with Crippen molar-refractivity contribution in [3.05, 3.63) is 59.7 Å². The minimum atomic E-state index is -0.0407. The zero-order valence-corrected chi connectivity index (χ0v) is 14.7. The number of nitrogens with zero attached hydrogens (tertiary/aromatic N) is 1. The number of rotatable bonds is 8. The molecular formula is C20H26N2O2. The van der Waals surface area contributed by atoms with Crippen LogP contribution in [0.25, 0.3) is 0 Å². The van der Waals surface area contributed by atoms with Gasteiger partial charge >= 0.3 is 0 Å². The monoisotopic (exact) mass is 326 g/mol. The van der Waals surface area contributed by atoms with Crippen molar-refractivity contribution in [3.63, 3.8) is 0 Å². The Hall–Kier alpha value is -2.49. The molecule has 0 heterocycles. The quantitative estimate of drug-likeness (QED) is 0.755. The summed E-state index contributed by atoms with van der Waals surface area (Å²) in [6, 6.07) is 15.8. The summed E-state index contributed by atoms with van der Waals surface area (Å²) in [5.41, 5.74) is 3.15. The molecule has 0 unspecified atom stereocenters. The van der Waals surface area contributed by atoms with E-state index in [0.717, 1.165) is 18.6 Å². The van der Waals surface area contributed by atoms with Crippen LogP contribution in [0.1, 0.15) is 29.3 Å². The Morgan fingerprint density at radius 1 is 1.04 bits per heavy atom. The van der Waals surface area contributed by atoms with Gasteiger partial charge in [-0.25, -0.2) is 0 Å². The Bertz CT molecular complexity index is 634. The summed E-state index contributed by atoms with van der Waals surface area (Å²) in [6.07, 6.45) is 1.88. The lowest BCUT2D eigenvalue weighted by atomic mass is 10.1. The Labute approximate surface area is 144 Å². The third-order valence-electron chi connectivity index (χ3n) is 3.81. The third-order valence-corrected chi connectivity index (χ3v) is 3.81. The largest absolute Gasteiger partial charge is 0.494 e. The molecule has 1 N–H and O–H groups in total. The topological polar surface area (TPSA) is 41.6 Å². The fraction of sp³-hybridized carbons (Fsp3) is 0.350. The van der Waals surface area contributed by atoms with Crippen molar-refractivity contribution in [2.24, 2.45) is 0 Å². The van der Waals surface area contributed by atoms with Crippen molar-refractivity contribution >= 4 is 11.6 Å². The number of ether oxygens (including phenoxy) is 1. The molecule has 0 aliphatic rings. The molecule has 0 aliphatic carbocycles. The van der Waals surface area contributed by atoms with Crippen molar-refractivity contribution in [3.8, 4) is 5.75 Å². The van der Waals surface area contributed by atoms with Crippen LogP contribution < -0.4 is 15.0 Å². The van der Waals surface area contributed by atoms with Gasteiger partial charge in [-0.15, -0.1) is 0 Å². The van der Waals surface area contributed by atoms with E-state index in [1.165, 1.54) is 11.3 Å². The van der Waals surface area contributed by atoms with Gasteiger partial charge in [0, 0.05) is 31.9 Å². The highest BCUT2D eigenvalue weighted by Crippen LogP contribution is 2.14. The zero-order valence-electron chi connectivity index (χ0n) is 14.7. The van der Waals surface area contributed by atoms with Crippen LogP contribution in [0.4, 0.5) is 5.69 Å². The van der Waals surface area contributed by atoms with E-state index in [1.807, 2.05) is 33.2 Å². The molecule has 0 aliphatic heterocycles. The first-order chi connectivity index (χ1) is 11.6. The van der Waals surface area contributed by atoms with E-state index >= 15 is 0 Å². The Morgan fingerprint density at radius 2 is 1.71 bits per heavy atom. The standard InChI is InChI=1S/C20H26N2O2/c1-4-24-19-13-9-17(10-14-19)20(23)21-15-5-6-16-7-11-18(12-8-16)22(2)3/h7-14H,4-6,15H2,1-3H3,(H,21,23). The Kier molecular flexibility index (Phi) is 6.67. The maximum absolute atomic E-state index is 12.1. The molecule has 1 amide bonds. The smallest absolute Gasteiger partial charge is 0.251 e. The van der Waals surface area contributed by atoms with Gasteiger partial charge in [0.25, 0.3) is 5.91 Å². The summed E-state index contributed by atoms with van der Waals surface area (Å²) >= 11 is 0. The Morgan fingerprint density at radius 3 is 2.29 bits per heavy atom. The molecule has 24 heavy (non-hydrogen) atoms. The van der Waals surface area contributed by atoms with E-state index in [1.54, 1.807) is 12.1 Å². The first kappa shape index (κ1) is 17.9. The highest BCUT2D eigenvalue weighted by Gasteiger charge is 2.05. The molecule has 4 heteroatoms. The molecule has 0 saturated heterocycles. The number of carbonyl (C=O) groups excluding carboxylic acids is 1. The van der Waals surface area contributed by atoms with Crippen LogP contribution in [0.5, 0.6) is 5.75 Å². The first-order valence-electron chi connectivity index (χ1n) is 8.37. The summed E-state index contributed by atoms with van der Waals surface area (Å²) in [5, 5.41) is 2.96. The van der Waals surface area contributed by atoms with Gasteiger partial charge < -0.3 is 15.0 Å². The molecular weight excluding hydrogens is 300 g/mol. The maximum Gasteiger partial charge on any atom is 0.251 e. The number of nitrogens with one attached hydrogen (secondary N) is 1. The minimum Gasteiger partial charge on any atom is -0.494 e. The van der Waals surface area contributed by atoms with Crippen molar-refractivity contribution in [2.45, 2.75) is 19.8 Å².